The van der Waals surface area contributed by atoms with Crippen molar-refractivity contribution in [3.8, 4) is 0 Å². The first kappa shape index (κ1) is 18.0. The van der Waals surface area contributed by atoms with E-state index in [4.69, 9.17) is 4.74 Å². The number of methoxy groups -OCH3 is 1. The van der Waals surface area contributed by atoms with E-state index in [1.807, 2.05) is 42.2 Å². The number of benzene rings is 1. The second-order valence-electron chi connectivity index (χ2n) is 6.82. The third-order valence-electron chi connectivity index (χ3n) is 5.40. The van der Waals surface area contributed by atoms with E-state index in [-0.39, 0.29) is 17.4 Å². The van der Waals surface area contributed by atoms with Gasteiger partial charge in [-0.05, 0) is 45.8 Å². The van der Waals surface area contributed by atoms with E-state index >= 15 is 0 Å². The highest BCUT2D eigenvalue weighted by Crippen LogP contribution is 2.32. The minimum Gasteiger partial charge on any atom is -0.385 e. The highest BCUT2D eigenvalue weighted by molar-refractivity contribution is 5.83. The zero-order valence-corrected chi connectivity index (χ0v) is 14.9. The average molecular weight is 318 g/mol. The molecule has 2 rings (SSSR count). The number of rotatable bonds is 6. The molecule has 23 heavy (non-hydrogen) atoms. The van der Waals surface area contributed by atoms with Crippen molar-refractivity contribution in [2.24, 2.45) is 0 Å². The summed E-state index contributed by atoms with van der Waals surface area (Å²) in [6.45, 7) is 4.44. The van der Waals surface area contributed by atoms with Crippen LogP contribution in [0.2, 0.25) is 0 Å². The van der Waals surface area contributed by atoms with Crippen LogP contribution in [0.3, 0.4) is 0 Å². The number of piperidine rings is 1. The molecule has 128 valence electrons. The number of ether oxygens (including phenoxy) is 1. The minimum absolute atomic E-state index is 0.0676. The van der Waals surface area contributed by atoms with E-state index in [0.717, 1.165) is 44.5 Å². The molecule has 1 unspecified atom stereocenters. The highest BCUT2D eigenvalue weighted by atomic mass is 16.5. The molecule has 1 amide bonds. The molecule has 1 fully saturated rings. The SMILES string of the molecule is COCCC1(N(C)C)CCN(C(=O)C(C)c2ccccc2)CC1. The lowest BCUT2D eigenvalue weighted by atomic mass is 9.83. The van der Waals surface area contributed by atoms with E-state index in [2.05, 4.69) is 19.0 Å². The third-order valence-corrected chi connectivity index (χ3v) is 5.40. The fraction of sp³-hybridized carbons (Fsp3) is 0.632. The van der Waals surface area contributed by atoms with E-state index in [1.165, 1.54) is 0 Å². The third kappa shape index (κ3) is 4.12. The van der Waals surface area contributed by atoms with Gasteiger partial charge in [0.05, 0.1) is 5.92 Å². The van der Waals surface area contributed by atoms with Gasteiger partial charge in [-0.25, -0.2) is 0 Å². The quantitative estimate of drug-likeness (QED) is 0.808. The molecule has 1 aliphatic heterocycles. The number of hydrogen-bond acceptors (Lipinski definition) is 3. The van der Waals surface area contributed by atoms with Crippen LogP contribution in [-0.2, 0) is 9.53 Å². The number of likely N-dealkylation sites (tertiary alicyclic amines) is 1. The maximum absolute atomic E-state index is 12.8. The van der Waals surface area contributed by atoms with E-state index in [1.54, 1.807) is 7.11 Å². The lowest BCUT2D eigenvalue weighted by Crippen LogP contribution is -2.54. The van der Waals surface area contributed by atoms with Crippen molar-refractivity contribution in [3.63, 3.8) is 0 Å². The fourth-order valence-corrected chi connectivity index (χ4v) is 3.51. The van der Waals surface area contributed by atoms with Gasteiger partial charge in [0.1, 0.15) is 0 Å². The van der Waals surface area contributed by atoms with Gasteiger partial charge in [0.15, 0.2) is 0 Å². The number of hydrogen-bond donors (Lipinski definition) is 0. The van der Waals surface area contributed by atoms with Crippen LogP contribution in [0.15, 0.2) is 30.3 Å². The summed E-state index contributed by atoms with van der Waals surface area (Å²) < 4.78 is 5.28. The van der Waals surface area contributed by atoms with Gasteiger partial charge >= 0.3 is 0 Å². The largest absolute Gasteiger partial charge is 0.385 e. The van der Waals surface area contributed by atoms with Gasteiger partial charge < -0.3 is 14.5 Å². The maximum atomic E-state index is 12.8. The predicted octanol–water partition coefficient (Wildman–Crippen LogP) is 2.75. The van der Waals surface area contributed by atoms with Crippen molar-refractivity contribution in [1.82, 2.24) is 9.80 Å². The Kier molecular flexibility index (Phi) is 6.19. The second kappa shape index (κ2) is 7.93. The Morgan fingerprint density at radius 2 is 1.87 bits per heavy atom. The van der Waals surface area contributed by atoms with Crippen LogP contribution in [-0.4, -0.2) is 62.1 Å². The van der Waals surface area contributed by atoms with Crippen molar-refractivity contribution in [2.45, 2.75) is 37.6 Å². The molecule has 4 heteroatoms. The first-order valence-electron chi connectivity index (χ1n) is 8.50. The molecule has 1 aliphatic rings. The van der Waals surface area contributed by atoms with Crippen LogP contribution >= 0.6 is 0 Å². The van der Waals surface area contributed by atoms with Crippen LogP contribution in [0.5, 0.6) is 0 Å². The molecule has 0 bridgehead atoms. The number of nitrogens with zero attached hydrogens (tertiary/aromatic N) is 2. The summed E-state index contributed by atoms with van der Waals surface area (Å²) in [5.41, 5.74) is 1.25. The molecule has 1 saturated heterocycles. The lowest BCUT2D eigenvalue weighted by molar-refractivity contribution is -0.135. The molecule has 0 N–H and O–H groups in total. The van der Waals surface area contributed by atoms with Gasteiger partial charge in [-0.15, -0.1) is 0 Å². The molecule has 0 aromatic heterocycles. The van der Waals surface area contributed by atoms with Crippen LogP contribution in [0.1, 0.15) is 37.7 Å². The summed E-state index contributed by atoms with van der Waals surface area (Å²) >= 11 is 0. The van der Waals surface area contributed by atoms with Crippen LogP contribution in [0.25, 0.3) is 0 Å². The van der Waals surface area contributed by atoms with Gasteiger partial charge in [-0.1, -0.05) is 30.3 Å². The Hall–Kier alpha value is -1.39. The minimum atomic E-state index is -0.0676. The zero-order chi connectivity index (χ0) is 16.9. The summed E-state index contributed by atoms with van der Waals surface area (Å²) in [4.78, 5) is 17.1. The van der Waals surface area contributed by atoms with E-state index in [0.29, 0.717) is 0 Å². The Labute approximate surface area is 140 Å². The first-order valence-corrected chi connectivity index (χ1v) is 8.50. The van der Waals surface area contributed by atoms with Gasteiger partial charge in [-0.3, -0.25) is 4.79 Å². The van der Waals surface area contributed by atoms with Crippen molar-refractivity contribution >= 4 is 5.91 Å². The number of amides is 1. The molecule has 1 aromatic carbocycles. The molecule has 4 nitrogen and oxygen atoms in total. The van der Waals surface area contributed by atoms with Crippen molar-refractivity contribution < 1.29 is 9.53 Å². The molecule has 0 saturated carbocycles. The van der Waals surface area contributed by atoms with E-state index in [9.17, 15) is 4.79 Å². The topological polar surface area (TPSA) is 32.8 Å². The second-order valence-corrected chi connectivity index (χ2v) is 6.82. The number of carbonyl (C=O) groups is 1. The fourth-order valence-electron chi connectivity index (χ4n) is 3.51. The molecular weight excluding hydrogens is 288 g/mol. The summed E-state index contributed by atoms with van der Waals surface area (Å²) in [5, 5.41) is 0. The van der Waals surface area contributed by atoms with Crippen LogP contribution in [0, 0.1) is 0 Å². The van der Waals surface area contributed by atoms with Crippen molar-refractivity contribution in [1.29, 1.82) is 0 Å². The molecule has 1 atom stereocenters. The number of carbonyl (C=O) groups excluding carboxylic acids is 1. The molecular formula is C19H30N2O2. The average Bonchev–Trinajstić information content (AvgIpc) is 2.59. The van der Waals surface area contributed by atoms with Gasteiger partial charge in [0.2, 0.25) is 5.91 Å². The Bertz CT molecular complexity index is 493. The molecule has 1 aromatic rings. The molecule has 0 spiro atoms. The monoisotopic (exact) mass is 318 g/mol. The Balaban J connectivity index is 1.98. The lowest BCUT2D eigenvalue weighted by Gasteiger charge is -2.46. The standard InChI is InChI=1S/C19H30N2O2/c1-16(17-8-6-5-7-9-17)18(22)21-13-10-19(11-14-21,20(2)3)12-15-23-4/h5-9,16H,10-15H2,1-4H3. The summed E-state index contributed by atoms with van der Waals surface area (Å²) in [5.74, 6) is 0.178. The molecule has 0 radical (unpaired) electrons. The normalized spacial score (nSPS) is 18.9. The summed E-state index contributed by atoms with van der Waals surface area (Å²) in [7, 11) is 6.03. The van der Waals surface area contributed by atoms with Crippen molar-refractivity contribution in [2.75, 3.05) is 40.9 Å². The first-order chi connectivity index (χ1) is 11.0. The van der Waals surface area contributed by atoms with Gasteiger partial charge in [0.25, 0.3) is 0 Å². The maximum Gasteiger partial charge on any atom is 0.229 e. The molecule has 0 aliphatic carbocycles. The molecule has 1 heterocycles. The summed E-state index contributed by atoms with van der Waals surface area (Å²) in [6, 6.07) is 10.1. The Morgan fingerprint density at radius 3 is 2.39 bits per heavy atom. The van der Waals surface area contributed by atoms with E-state index < -0.39 is 0 Å². The zero-order valence-electron chi connectivity index (χ0n) is 14.9. The predicted molar refractivity (Wildman–Crippen MR) is 93.6 cm³/mol. The Morgan fingerprint density at radius 1 is 1.26 bits per heavy atom. The van der Waals surface area contributed by atoms with Crippen LogP contribution < -0.4 is 0 Å². The van der Waals surface area contributed by atoms with Gasteiger partial charge in [0, 0.05) is 32.3 Å². The van der Waals surface area contributed by atoms with Crippen LogP contribution in [0.4, 0.5) is 0 Å². The smallest absolute Gasteiger partial charge is 0.229 e. The highest BCUT2D eigenvalue weighted by Gasteiger charge is 2.38. The van der Waals surface area contributed by atoms with Gasteiger partial charge in [-0.2, -0.15) is 0 Å². The summed E-state index contributed by atoms with van der Waals surface area (Å²) in [6.07, 6.45) is 3.04. The van der Waals surface area contributed by atoms with Crippen molar-refractivity contribution in [3.05, 3.63) is 35.9 Å².